The van der Waals surface area contributed by atoms with Gasteiger partial charge in [-0.1, -0.05) is 36.8 Å². The number of benzene rings is 1. The summed E-state index contributed by atoms with van der Waals surface area (Å²) in [5, 5.41) is 3.88. The van der Waals surface area contributed by atoms with Crippen molar-refractivity contribution in [2.45, 2.75) is 82.3 Å². The van der Waals surface area contributed by atoms with Crippen LogP contribution in [0.3, 0.4) is 0 Å². The minimum absolute atomic E-state index is 0.0903. The van der Waals surface area contributed by atoms with Gasteiger partial charge in [-0.15, -0.1) is 0 Å². The zero-order chi connectivity index (χ0) is 25.6. The number of pyridine rings is 1. The van der Waals surface area contributed by atoms with E-state index in [1.165, 1.54) is 11.6 Å². The molecular weight excluding hydrogens is 479 g/mol. The number of nitrogens with one attached hydrogen (secondary N) is 1. The third-order valence-electron chi connectivity index (χ3n) is 9.14. The van der Waals surface area contributed by atoms with Crippen LogP contribution in [0.2, 0.25) is 0 Å². The van der Waals surface area contributed by atoms with Gasteiger partial charge in [0.25, 0.3) is 0 Å². The van der Waals surface area contributed by atoms with E-state index in [4.69, 9.17) is 4.74 Å². The van der Waals surface area contributed by atoms with Crippen molar-refractivity contribution in [3.63, 3.8) is 0 Å². The number of nitrogens with zero attached hydrogens (tertiary/aromatic N) is 2. The molecule has 1 amide bonds. The molecule has 5 nitrogen and oxygen atoms in total. The number of aromatic nitrogens is 1. The average Bonchev–Trinajstić information content (AvgIpc) is 3.46. The van der Waals surface area contributed by atoms with E-state index in [0.29, 0.717) is 36.2 Å². The Balaban J connectivity index is 1.14. The van der Waals surface area contributed by atoms with E-state index in [1.807, 2.05) is 23.1 Å². The highest BCUT2D eigenvalue weighted by molar-refractivity contribution is 5.84. The van der Waals surface area contributed by atoms with Crippen molar-refractivity contribution in [1.82, 2.24) is 15.2 Å². The van der Waals surface area contributed by atoms with E-state index in [0.717, 1.165) is 57.7 Å². The first-order valence-corrected chi connectivity index (χ1v) is 13.6. The molecule has 198 valence electrons. The standard InChI is InChI=1S/C29H34F3N3O2/c30-29(31,32)22-13-20-18-35(11-8-25(20)33-17-22)27(36)28-10-4-7-21(28)14-24(16-28)34-23-9-12-37-26(15-23)19-5-2-1-3-6-19/h1-3,5-6,13,17,21,23-24,26,34H,4,7-12,14-16,18H2/t21-,23-,24?,26-,28-/m1/s1. The summed E-state index contributed by atoms with van der Waals surface area (Å²) < 4.78 is 45.8. The molecule has 4 aliphatic rings. The minimum atomic E-state index is -4.43. The van der Waals surface area contributed by atoms with Crippen LogP contribution in [0.4, 0.5) is 13.2 Å². The van der Waals surface area contributed by atoms with Gasteiger partial charge in [0.05, 0.1) is 17.1 Å². The molecule has 0 bridgehead atoms. The van der Waals surface area contributed by atoms with E-state index >= 15 is 0 Å². The minimum Gasteiger partial charge on any atom is -0.373 e. The van der Waals surface area contributed by atoms with Crippen molar-refractivity contribution >= 4 is 5.91 Å². The maximum Gasteiger partial charge on any atom is 0.417 e. The van der Waals surface area contributed by atoms with Crippen LogP contribution >= 0.6 is 0 Å². The largest absolute Gasteiger partial charge is 0.417 e. The Bertz CT molecular complexity index is 1140. The maximum absolute atomic E-state index is 14.0. The molecule has 5 atom stereocenters. The van der Waals surface area contributed by atoms with Gasteiger partial charge >= 0.3 is 6.18 Å². The summed E-state index contributed by atoms with van der Waals surface area (Å²) in [6, 6.07) is 12.1. The molecule has 3 heterocycles. The van der Waals surface area contributed by atoms with Crippen LogP contribution in [0.15, 0.2) is 42.6 Å². The SMILES string of the molecule is O=C(N1CCc2ncc(C(F)(F)F)cc2C1)[C@@]12CCC[C@@H]1CC(N[C@@H]1CCO[C@@H](c3ccccc3)C1)C2. The third kappa shape index (κ3) is 4.78. The van der Waals surface area contributed by atoms with Gasteiger partial charge in [0.2, 0.25) is 5.91 Å². The highest BCUT2D eigenvalue weighted by Crippen LogP contribution is 2.55. The monoisotopic (exact) mass is 513 g/mol. The van der Waals surface area contributed by atoms with Crippen LogP contribution in [0, 0.1) is 11.3 Å². The first kappa shape index (κ1) is 24.9. The van der Waals surface area contributed by atoms with Crippen LogP contribution < -0.4 is 5.32 Å². The van der Waals surface area contributed by atoms with Gasteiger partial charge in [-0.2, -0.15) is 13.2 Å². The van der Waals surface area contributed by atoms with Gasteiger partial charge in [-0.3, -0.25) is 9.78 Å². The summed E-state index contributed by atoms with van der Waals surface area (Å²) in [7, 11) is 0. The summed E-state index contributed by atoms with van der Waals surface area (Å²) in [6.07, 6.45) is 3.72. The van der Waals surface area contributed by atoms with Crippen molar-refractivity contribution < 1.29 is 22.7 Å². The number of ether oxygens (including phenoxy) is 1. The Labute approximate surface area is 215 Å². The molecule has 1 N–H and O–H groups in total. The molecule has 6 rings (SSSR count). The summed E-state index contributed by atoms with van der Waals surface area (Å²) in [6.45, 7) is 1.46. The lowest BCUT2D eigenvalue weighted by atomic mass is 9.78. The fourth-order valence-electron chi connectivity index (χ4n) is 7.37. The third-order valence-corrected chi connectivity index (χ3v) is 9.14. The normalized spacial score (nSPS) is 31.7. The molecule has 1 saturated heterocycles. The number of carbonyl (C=O) groups is 1. The summed E-state index contributed by atoms with van der Waals surface area (Å²) in [5.41, 5.74) is 1.28. The fraction of sp³-hybridized carbons (Fsp3) is 0.586. The summed E-state index contributed by atoms with van der Waals surface area (Å²) in [5.74, 6) is 0.472. The van der Waals surface area contributed by atoms with Gasteiger partial charge in [0, 0.05) is 50.1 Å². The zero-order valence-corrected chi connectivity index (χ0v) is 21.0. The van der Waals surface area contributed by atoms with E-state index in [9.17, 15) is 18.0 Å². The number of fused-ring (bicyclic) bond motifs is 2. The molecule has 2 aliphatic heterocycles. The van der Waals surface area contributed by atoms with Gasteiger partial charge < -0.3 is 15.0 Å². The molecule has 2 saturated carbocycles. The second-order valence-corrected chi connectivity index (χ2v) is 11.3. The van der Waals surface area contributed by atoms with Gasteiger partial charge in [-0.05, 0) is 61.6 Å². The van der Waals surface area contributed by atoms with Crippen molar-refractivity contribution in [2.75, 3.05) is 13.2 Å². The second-order valence-electron chi connectivity index (χ2n) is 11.3. The average molecular weight is 514 g/mol. The Morgan fingerprint density at radius 1 is 1.14 bits per heavy atom. The molecule has 8 heteroatoms. The molecule has 3 fully saturated rings. The van der Waals surface area contributed by atoms with Crippen LogP contribution in [0.5, 0.6) is 0 Å². The quantitative estimate of drug-likeness (QED) is 0.591. The Morgan fingerprint density at radius 3 is 2.78 bits per heavy atom. The lowest BCUT2D eigenvalue weighted by Crippen LogP contribution is -2.47. The zero-order valence-electron chi connectivity index (χ0n) is 21.0. The maximum atomic E-state index is 14.0. The number of alkyl halides is 3. The van der Waals surface area contributed by atoms with E-state index in [1.54, 1.807) is 0 Å². The first-order valence-electron chi connectivity index (χ1n) is 13.6. The summed E-state index contributed by atoms with van der Waals surface area (Å²) >= 11 is 0. The fourth-order valence-corrected chi connectivity index (χ4v) is 7.37. The predicted octanol–water partition coefficient (Wildman–Crippen LogP) is 5.44. The van der Waals surface area contributed by atoms with Gasteiger partial charge in [0.15, 0.2) is 0 Å². The molecular formula is C29H34F3N3O2. The smallest absolute Gasteiger partial charge is 0.373 e. The number of rotatable bonds is 4. The lowest BCUT2D eigenvalue weighted by molar-refractivity contribution is -0.144. The van der Waals surface area contributed by atoms with Crippen molar-refractivity contribution in [2.24, 2.45) is 11.3 Å². The number of hydrogen-bond donors (Lipinski definition) is 1. The summed E-state index contributed by atoms with van der Waals surface area (Å²) in [4.78, 5) is 19.9. The molecule has 0 radical (unpaired) electrons. The van der Waals surface area contributed by atoms with Crippen LogP contribution in [0.1, 0.15) is 73.4 Å². The molecule has 1 aromatic carbocycles. The van der Waals surface area contributed by atoms with Crippen LogP contribution in [0.25, 0.3) is 0 Å². The Kier molecular flexibility index (Phi) is 6.51. The van der Waals surface area contributed by atoms with Gasteiger partial charge in [0.1, 0.15) is 0 Å². The number of carbonyl (C=O) groups excluding carboxylic acids is 1. The Hall–Kier alpha value is -2.45. The molecule has 2 aliphatic carbocycles. The molecule has 0 spiro atoms. The predicted molar refractivity (Wildman–Crippen MR) is 132 cm³/mol. The molecule has 37 heavy (non-hydrogen) atoms. The van der Waals surface area contributed by atoms with Crippen LogP contribution in [-0.2, 0) is 28.7 Å². The molecule has 1 unspecified atom stereocenters. The van der Waals surface area contributed by atoms with Crippen molar-refractivity contribution in [3.8, 4) is 0 Å². The molecule has 1 aromatic heterocycles. The second kappa shape index (κ2) is 9.70. The highest BCUT2D eigenvalue weighted by atomic mass is 19.4. The molecule has 2 aromatic rings. The first-order chi connectivity index (χ1) is 17.8. The number of amides is 1. The van der Waals surface area contributed by atoms with Crippen molar-refractivity contribution in [3.05, 3.63) is 65.0 Å². The topological polar surface area (TPSA) is 54.5 Å². The highest BCUT2D eigenvalue weighted by Gasteiger charge is 2.56. The van der Waals surface area contributed by atoms with Crippen LogP contribution in [-0.4, -0.2) is 41.0 Å². The van der Waals surface area contributed by atoms with E-state index in [2.05, 4.69) is 22.4 Å². The van der Waals surface area contributed by atoms with Crippen molar-refractivity contribution in [1.29, 1.82) is 0 Å². The van der Waals surface area contributed by atoms with E-state index in [-0.39, 0.29) is 24.6 Å². The number of halogens is 3. The number of hydrogen-bond acceptors (Lipinski definition) is 4. The van der Waals surface area contributed by atoms with Gasteiger partial charge in [-0.25, -0.2) is 0 Å². The van der Waals surface area contributed by atoms with E-state index < -0.39 is 17.2 Å². The Morgan fingerprint density at radius 2 is 1.97 bits per heavy atom. The lowest BCUT2D eigenvalue weighted by Gasteiger charge is -2.37.